The highest BCUT2D eigenvalue weighted by Gasteiger charge is 2.41. The Morgan fingerprint density at radius 3 is 2.10 bits per heavy atom. The number of amides is 2. The zero-order valence-corrected chi connectivity index (χ0v) is 12.1. The Balaban J connectivity index is 2.07. The summed E-state index contributed by atoms with van der Waals surface area (Å²) in [4.78, 5) is 26.4. The van der Waals surface area contributed by atoms with Gasteiger partial charge in [0, 0.05) is 11.1 Å². The first-order chi connectivity index (χ1) is 10.2. The molecule has 1 aromatic rings. The second kappa shape index (κ2) is 5.24. The number of para-hydroxylation sites is 1. The van der Waals surface area contributed by atoms with E-state index in [2.05, 4.69) is 0 Å². The maximum absolute atomic E-state index is 12.6. The van der Waals surface area contributed by atoms with E-state index in [1.54, 1.807) is 18.2 Å². The lowest BCUT2D eigenvalue weighted by Gasteiger charge is -2.19. The molecule has 2 aliphatic rings. The molecule has 0 aromatic heterocycles. The Morgan fingerprint density at radius 1 is 0.952 bits per heavy atom. The van der Waals surface area contributed by atoms with Gasteiger partial charge in [-0.1, -0.05) is 6.07 Å². The molecule has 0 spiro atoms. The van der Waals surface area contributed by atoms with E-state index >= 15 is 0 Å². The molecule has 1 aliphatic heterocycles. The van der Waals surface area contributed by atoms with Crippen LogP contribution in [0.15, 0.2) is 29.3 Å². The molecule has 2 amide bonds. The minimum atomic E-state index is -0.221. The average molecular weight is 287 g/mol. The van der Waals surface area contributed by atoms with Gasteiger partial charge in [0.05, 0.1) is 19.9 Å². The topological polar surface area (TPSA) is 55.8 Å². The lowest BCUT2D eigenvalue weighted by atomic mass is 9.93. The average Bonchev–Trinajstić information content (AvgIpc) is 2.78. The molecule has 1 aliphatic carbocycles. The molecule has 1 heterocycles. The highest BCUT2D eigenvalue weighted by Crippen LogP contribution is 2.42. The van der Waals surface area contributed by atoms with Crippen molar-refractivity contribution in [2.24, 2.45) is 0 Å². The number of hydrogen-bond donors (Lipinski definition) is 0. The van der Waals surface area contributed by atoms with Crippen LogP contribution in [0.25, 0.3) is 0 Å². The van der Waals surface area contributed by atoms with E-state index in [1.165, 1.54) is 19.1 Å². The van der Waals surface area contributed by atoms with Gasteiger partial charge in [-0.3, -0.25) is 9.59 Å². The van der Waals surface area contributed by atoms with Crippen LogP contribution in [0.4, 0.5) is 5.69 Å². The van der Waals surface area contributed by atoms with Crippen molar-refractivity contribution in [2.45, 2.75) is 25.7 Å². The third-order valence-corrected chi connectivity index (χ3v) is 4.01. The molecular weight excluding hydrogens is 270 g/mol. The lowest BCUT2D eigenvalue weighted by molar-refractivity contribution is -0.120. The van der Waals surface area contributed by atoms with Gasteiger partial charge in [-0.25, -0.2) is 4.90 Å². The first kappa shape index (κ1) is 13.7. The van der Waals surface area contributed by atoms with Crippen molar-refractivity contribution in [3.05, 3.63) is 29.3 Å². The van der Waals surface area contributed by atoms with Crippen molar-refractivity contribution >= 4 is 17.5 Å². The Bertz CT molecular complexity index is 620. The van der Waals surface area contributed by atoms with Crippen molar-refractivity contribution in [2.75, 3.05) is 19.1 Å². The highest BCUT2D eigenvalue weighted by molar-refractivity contribution is 6.33. The SMILES string of the molecule is COc1cccc(N2C(=O)C3=C(CCCC3)C2=O)c1OC. The van der Waals surface area contributed by atoms with Crippen LogP contribution in [0.2, 0.25) is 0 Å². The number of methoxy groups -OCH3 is 2. The first-order valence-electron chi connectivity index (χ1n) is 7.00. The molecule has 110 valence electrons. The number of rotatable bonds is 3. The second-order valence-electron chi connectivity index (χ2n) is 5.12. The van der Waals surface area contributed by atoms with Crippen LogP contribution >= 0.6 is 0 Å². The van der Waals surface area contributed by atoms with Crippen LogP contribution in [-0.2, 0) is 9.59 Å². The third kappa shape index (κ3) is 2.00. The van der Waals surface area contributed by atoms with E-state index in [0.29, 0.717) is 41.2 Å². The number of ether oxygens (including phenoxy) is 2. The van der Waals surface area contributed by atoms with Crippen LogP contribution in [0, 0.1) is 0 Å². The van der Waals surface area contributed by atoms with Gasteiger partial charge in [0.25, 0.3) is 11.8 Å². The summed E-state index contributed by atoms with van der Waals surface area (Å²) in [5, 5.41) is 0. The Hall–Kier alpha value is -2.30. The molecule has 3 rings (SSSR count). The summed E-state index contributed by atoms with van der Waals surface area (Å²) >= 11 is 0. The van der Waals surface area contributed by atoms with Gasteiger partial charge in [0.2, 0.25) is 0 Å². The quantitative estimate of drug-likeness (QED) is 0.801. The van der Waals surface area contributed by atoms with E-state index < -0.39 is 0 Å². The standard InChI is InChI=1S/C16H17NO4/c1-20-13-9-5-8-12(14(13)21-2)17-15(18)10-6-3-4-7-11(10)16(17)19/h5,8-9H,3-4,6-7H2,1-2H3. The van der Waals surface area contributed by atoms with Gasteiger partial charge in [-0.15, -0.1) is 0 Å². The predicted molar refractivity (Wildman–Crippen MR) is 77.5 cm³/mol. The minimum Gasteiger partial charge on any atom is -0.493 e. The predicted octanol–water partition coefficient (Wildman–Crippen LogP) is 2.45. The van der Waals surface area contributed by atoms with Crippen LogP contribution in [-0.4, -0.2) is 26.0 Å². The normalized spacial score (nSPS) is 18.1. The van der Waals surface area contributed by atoms with E-state index in [-0.39, 0.29) is 11.8 Å². The zero-order chi connectivity index (χ0) is 15.0. The number of nitrogens with zero attached hydrogens (tertiary/aromatic N) is 1. The summed E-state index contributed by atoms with van der Waals surface area (Å²) in [6.45, 7) is 0. The van der Waals surface area contributed by atoms with Crippen molar-refractivity contribution in [3.63, 3.8) is 0 Å². The van der Waals surface area contributed by atoms with Gasteiger partial charge >= 0.3 is 0 Å². The number of benzene rings is 1. The van der Waals surface area contributed by atoms with Gasteiger partial charge in [-0.05, 0) is 37.8 Å². The molecule has 0 radical (unpaired) electrons. The monoisotopic (exact) mass is 287 g/mol. The molecular formula is C16H17NO4. The van der Waals surface area contributed by atoms with Gasteiger partial charge in [0.15, 0.2) is 11.5 Å². The first-order valence-corrected chi connectivity index (χ1v) is 7.00. The van der Waals surface area contributed by atoms with Crippen LogP contribution < -0.4 is 14.4 Å². The van der Waals surface area contributed by atoms with E-state index in [0.717, 1.165) is 12.8 Å². The van der Waals surface area contributed by atoms with Crippen molar-refractivity contribution in [3.8, 4) is 11.5 Å². The largest absolute Gasteiger partial charge is 0.493 e. The molecule has 0 unspecified atom stereocenters. The van der Waals surface area contributed by atoms with Gasteiger partial charge in [0.1, 0.15) is 0 Å². The Kier molecular flexibility index (Phi) is 3.41. The molecule has 0 saturated heterocycles. The summed E-state index contributed by atoms with van der Waals surface area (Å²) in [6, 6.07) is 5.19. The summed E-state index contributed by atoms with van der Waals surface area (Å²) in [7, 11) is 3.03. The Morgan fingerprint density at radius 2 is 1.57 bits per heavy atom. The molecule has 5 nitrogen and oxygen atoms in total. The highest BCUT2D eigenvalue weighted by atomic mass is 16.5. The molecule has 0 saturated carbocycles. The molecule has 0 atom stereocenters. The summed E-state index contributed by atoms with van der Waals surface area (Å²) < 4.78 is 10.6. The van der Waals surface area contributed by atoms with E-state index in [9.17, 15) is 9.59 Å². The molecule has 1 aromatic carbocycles. The summed E-state index contributed by atoms with van der Waals surface area (Å²) in [5.74, 6) is 0.463. The maximum Gasteiger partial charge on any atom is 0.261 e. The van der Waals surface area contributed by atoms with Gasteiger partial charge < -0.3 is 9.47 Å². The number of anilines is 1. The zero-order valence-electron chi connectivity index (χ0n) is 12.1. The number of carbonyl (C=O) groups excluding carboxylic acids is 2. The fraction of sp³-hybridized carbons (Fsp3) is 0.375. The fourth-order valence-electron chi connectivity index (χ4n) is 3.00. The second-order valence-corrected chi connectivity index (χ2v) is 5.12. The molecule has 5 heteroatoms. The summed E-state index contributed by atoms with van der Waals surface area (Å²) in [6.07, 6.45) is 3.28. The van der Waals surface area contributed by atoms with Crippen molar-refractivity contribution in [1.82, 2.24) is 0 Å². The van der Waals surface area contributed by atoms with Crippen LogP contribution in [0.3, 0.4) is 0 Å². The van der Waals surface area contributed by atoms with Crippen molar-refractivity contribution < 1.29 is 19.1 Å². The van der Waals surface area contributed by atoms with E-state index in [1.807, 2.05) is 0 Å². The smallest absolute Gasteiger partial charge is 0.261 e. The minimum absolute atomic E-state index is 0.221. The Labute approximate surface area is 123 Å². The number of hydrogen-bond acceptors (Lipinski definition) is 4. The van der Waals surface area contributed by atoms with Gasteiger partial charge in [-0.2, -0.15) is 0 Å². The molecule has 0 bridgehead atoms. The molecule has 0 N–H and O–H groups in total. The number of carbonyl (C=O) groups is 2. The fourth-order valence-corrected chi connectivity index (χ4v) is 3.00. The van der Waals surface area contributed by atoms with Crippen molar-refractivity contribution in [1.29, 1.82) is 0 Å². The third-order valence-electron chi connectivity index (χ3n) is 4.01. The van der Waals surface area contributed by atoms with Crippen LogP contribution in [0.5, 0.6) is 11.5 Å². The lowest BCUT2D eigenvalue weighted by Crippen LogP contribution is -2.31. The molecule has 21 heavy (non-hydrogen) atoms. The maximum atomic E-state index is 12.6. The number of imide groups is 1. The summed E-state index contributed by atoms with van der Waals surface area (Å²) in [5.41, 5.74) is 1.77. The van der Waals surface area contributed by atoms with E-state index in [4.69, 9.17) is 9.47 Å². The van der Waals surface area contributed by atoms with Crippen LogP contribution in [0.1, 0.15) is 25.7 Å². The molecule has 0 fully saturated rings.